The molecule has 3 nitrogen and oxygen atoms in total. The van der Waals surface area contributed by atoms with E-state index >= 15 is 0 Å². The Morgan fingerprint density at radius 1 is 1.38 bits per heavy atom. The summed E-state index contributed by atoms with van der Waals surface area (Å²) >= 11 is 3.32. The molecule has 0 unspecified atom stereocenters. The van der Waals surface area contributed by atoms with Gasteiger partial charge in [-0.1, -0.05) is 0 Å². The van der Waals surface area contributed by atoms with Crippen LogP contribution in [-0.2, 0) is 11.2 Å². The van der Waals surface area contributed by atoms with Crippen molar-refractivity contribution in [3.05, 3.63) is 22.2 Å². The molecule has 0 bridgehead atoms. The standard InChI is InChI=1S/C9H9BrN2O/c10-6-4-8-5(3-7(6)11)1-2-9(13)12-8/h3-4H,1-2,11H2,(H,12,13). The van der Waals surface area contributed by atoms with Gasteiger partial charge >= 0.3 is 0 Å². The van der Waals surface area contributed by atoms with Crippen molar-refractivity contribution >= 4 is 33.2 Å². The number of nitrogen functional groups attached to an aromatic ring is 1. The molecule has 2 rings (SSSR count). The van der Waals surface area contributed by atoms with Gasteiger partial charge in [-0.15, -0.1) is 0 Å². The van der Waals surface area contributed by atoms with Crippen LogP contribution >= 0.6 is 15.9 Å². The summed E-state index contributed by atoms with van der Waals surface area (Å²) in [5, 5.41) is 2.80. The fourth-order valence-corrected chi connectivity index (χ4v) is 1.76. The molecular formula is C9H9BrN2O. The van der Waals surface area contributed by atoms with Crippen molar-refractivity contribution in [2.75, 3.05) is 11.1 Å². The summed E-state index contributed by atoms with van der Waals surface area (Å²) < 4.78 is 0.827. The Morgan fingerprint density at radius 2 is 2.15 bits per heavy atom. The molecule has 1 amide bonds. The summed E-state index contributed by atoms with van der Waals surface area (Å²) in [6.07, 6.45) is 1.33. The van der Waals surface area contributed by atoms with Gasteiger partial charge in [0.25, 0.3) is 0 Å². The second-order valence-corrected chi connectivity index (χ2v) is 3.93. The highest BCUT2D eigenvalue weighted by Crippen LogP contribution is 2.30. The molecule has 4 heteroatoms. The fraction of sp³-hybridized carbons (Fsp3) is 0.222. The van der Waals surface area contributed by atoms with E-state index in [2.05, 4.69) is 21.2 Å². The van der Waals surface area contributed by atoms with Crippen molar-refractivity contribution in [1.82, 2.24) is 0 Å². The van der Waals surface area contributed by atoms with Gasteiger partial charge in [0.1, 0.15) is 0 Å². The molecule has 1 aromatic carbocycles. The van der Waals surface area contributed by atoms with Crippen LogP contribution in [0.15, 0.2) is 16.6 Å². The number of amides is 1. The van der Waals surface area contributed by atoms with E-state index in [1.165, 1.54) is 0 Å². The number of rotatable bonds is 0. The Hall–Kier alpha value is -1.03. The van der Waals surface area contributed by atoms with Crippen molar-refractivity contribution in [3.63, 3.8) is 0 Å². The second kappa shape index (κ2) is 3.03. The molecule has 1 aromatic rings. The number of carbonyl (C=O) groups is 1. The molecule has 0 aliphatic carbocycles. The molecule has 0 saturated heterocycles. The van der Waals surface area contributed by atoms with Crippen LogP contribution < -0.4 is 11.1 Å². The first-order valence-corrected chi connectivity index (χ1v) is 4.84. The maximum absolute atomic E-state index is 11.1. The third-order valence-corrected chi connectivity index (χ3v) is 2.80. The van der Waals surface area contributed by atoms with Crippen molar-refractivity contribution in [2.45, 2.75) is 12.8 Å². The van der Waals surface area contributed by atoms with E-state index < -0.39 is 0 Å². The lowest BCUT2D eigenvalue weighted by molar-refractivity contribution is -0.116. The van der Waals surface area contributed by atoms with Gasteiger partial charge in [0.2, 0.25) is 5.91 Å². The fourth-order valence-electron chi connectivity index (χ4n) is 1.42. The predicted octanol–water partition coefficient (Wildman–Crippen LogP) is 1.92. The van der Waals surface area contributed by atoms with Gasteiger partial charge in [0, 0.05) is 22.3 Å². The largest absolute Gasteiger partial charge is 0.398 e. The summed E-state index contributed by atoms with van der Waals surface area (Å²) in [5.41, 5.74) is 8.42. The zero-order valence-corrected chi connectivity index (χ0v) is 8.52. The molecular weight excluding hydrogens is 232 g/mol. The first-order valence-electron chi connectivity index (χ1n) is 4.04. The zero-order valence-electron chi connectivity index (χ0n) is 6.93. The van der Waals surface area contributed by atoms with E-state index in [-0.39, 0.29) is 5.91 Å². The summed E-state index contributed by atoms with van der Waals surface area (Å²) in [7, 11) is 0. The van der Waals surface area contributed by atoms with E-state index in [0.29, 0.717) is 6.42 Å². The van der Waals surface area contributed by atoms with E-state index in [9.17, 15) is 4.79 Å². The molecule has 1 aliphatic rings. The van der Waals surface area contributed by atoms with Crippen LogP contribution in [0.1, 0.15) is 12.0 Å². The number of hydrogen-bond donors (Lipinski definition) is 2. The molecule has 68 valence electrons. The Morgan fingerprint density at radius 3 is 2.92 bits per heavy atom. The molecule has 0 fully saturated rings. The maximum Gasteiger partial charge on any atom is 0.224 e. The number of halogens is 1. The predicted molar refractivity (Wildman–Crippen MR) is 55.5 cm³/mol. The number of aryl methyl sites for hydroxylation is 1. The zero-order chi connectivity index (χ0) is 9.42. The average molecular weight is 241 g/mol. The minimum Gasteiger partial charge on any atom is -0.398 e. The molecule has 3 N–H and O–H groups in total. The minimum absolute atomic E-state index is 0.0733. The van der Waals surface area contributed by atoms with Gasteiger partial charge in [-0.05, 0) is 40.0 Å². The third-order valence-electron chi connectivity index (χ3n) is 2.12. The highest BCUT2D eigenvalue weighted by Gasteiger charge is 2.15. The summed E-state index contributed by atoms with van der Waals surface area (Å²) in [5.74, 6) is 0.0733. The Balaban J connectivity index is 2.49. The Labute approximate surface area is 84.4 Å². The van der Waals surface area contributed by atoms with Crippen molar-refractivity contribution in [1.29, 1.82) is 0 Å². The molecule has 1 heterocycles. The molecule has 13 heavy (non-hydrogen) atoms. The lowest BCUT2D eigenvalue weighted by Gasteiger charge is -2.17. The summed E-state index contributed by atoms with van der Waals surface area (Å²) in [4.78, 5) is 11.1. The van der Waals surface area contributed by atoms with Crippen LogP contribution in [0.5, 0.6) is 0 Å². The number of anilines is 2. The smallest absolute Gasteiger partial charge is 0.224 e. The second-order valence-electron chi connectivity index (χ2n) is 3.08. The average Bonchev–Trinajstić information content (AvgIpc) is 2.08. The van der Waals surface area contributed by atoms with Crippen LogP contribution in [0.4, 0.5) is 11.4 Å². The van der Waals surface area contributed by atoms with Gasteiger partial charge < -0.3 is 11.1 Å². The SMILES string of the molecule is Nc1cc2c(cc1Br)NC(=O)CC2. The number of benzene rings is 1. The van der Waals surface area contributed by atoms with Crippen LogP contribution in [0.25, 0.3) is 0 Å². The molecule has 0 spiro atoms. The summed E-state index contributed by atoms with van der Waals surface area (Å²) in [6.45, 7) is 0. The quantitative estimate of drug-likeness (QED) is 0.681. The van der Waals surface area contributed by atoms with Crippen molar-refractivity contribution in [2.24, 2.45) is 0 Å². The van der Waals surface area contributed by atoms with E-state index in [0.717, 1.165) is 27.8 Å². The lowest BCUT2D eigenvalue weighted by Crippen LogP contribution is -2.19. The number of carbonyl (C=O) groups excluding carboxylic acids is 1. The van der Waals surface area contributed by atoms with Crippen LogP contribution in [0.3, 0.4) is 0 Å². The summed E-state index contributed by atoms with van der Waals surface area (Å²) in [6, 6.07) is 3.75. The minimum atomic E-state index is 0.0733. The van der Waals surface area contributed by atoms with Gasteiger partial charge in [-0.3, -0.25) is 4.79 Å². The highest BCUT2D eigenvalue weighted by atomic mass is 79.9. The van der Waals surface area contributed by atoms with Crippen molar-refractivity contribution < 1.29 is 4.79 Å². The first kappa shape index (κ1) is 8.56. The number of nitrogens with one attached hydrogen (secondary N) is 1. The molecule has 0 aromatic heterocycles. The first-order chi connectivity index (χ1) is 6.16. The lowest BCUT2D eigenvalue weighted by atomic mass is 10.0. The molecule has 0 atom stereocenters. The van der Waals surface area contributed by atoms with E-state index in [4.69, 9.17) is 5.73 Å². The van der Waals surface area contributed by atoms with Gasteiger partial charge in [0.05, 0.1) is 0 Å². The van der Waals surface area contributed by atoms with E-state index in [1.807, 2.05) is 12.1 Å². The molecule has 1 aliphatic heterocycles. The van der Waals surface area contributed by atoms with Crippen LogP contribution in [-0.4, -0.2) is 5.91 Å². The van der Waals surface area contributed by atoms with Crippen LogP contribution in [0, 0.1) is 0 Å². The molecule has 0 radical (unpaired) electrons. The highest BCUT2D eigenvalue weighted by molar-refractivity contribution is 9.10. The number of nitrogens with two attached hydrogens (primary N) is 1. The Kier molecular flexibility index (Phi) is 2.00. The maximum atomic E-state index is 11.1. The number of hydrogen-bond acceptors (Lipinski definition) is 2. The van der Waals surface area contributed by atoms with Crippen LogP contribution in [0.2, 0.25) is 0 Å². The third kappa shape index (κ3) is 1.54. The van der Waals surface area contributed by atoms with Gasteiger partial charge in [-0.2, -0.15) is 0 Å². The van der Waals surface area contributed by atoms with Gasteiger partial charge in [0.15, 0.2) is 0 Å². The monoisotopic (exact) mass is 240 g/mol. The van der Waals surface area contributed by atoms with E-state index in [1.54, 1.807) is 0 Å². The Bertz CT molecular complexity index is 376. The number of fused-ring (bicyclic) bond motifs is 1. The van der Waals surface area contributed by atoms with Gasteiger partial charge in [-0.25, -0.2) is 0 Å². The molecule has 0 saturated carbocycles. The topological polar surface area (TPSA) is 55.1 Å². The normalized spacial score (nSPS) is 15.0. The van der Waals surface area contributed by atoms with Crippen molar-refractivity contribution in [3.8, 4) is 0 Å².